The molecule has 0 aromatic heterocycles. The van der Waals surface area contributed by atoms with E-state index in [9.17, 15) is 4.79 Å². The highest BCUT2D eigenvalue weighted by molar-refractivity contribution is 5.96. The second-order valence-electron chi connectivity index (χ2n) is 4.13. The molecule has 0 saturated carbocycles. The molecule has 1 N–H and O–H groups in total. The Bertz CT molecular complexity index is 371. The predicted octanol–water partition coefficient (Wildman–Crippen LogP) is 2.45. The monoisotopic (exact) mass is 237 g/mol. The van der Waals surface area contributed by atoms with Gasteiger partial charge in [0.2, 0.25) is 0 Å². The van der Waals surface area contributed by atoms with Crippen molar-refractivity contribution in [3.8, 4) is 5.75 Å². The van der Waals surface area contributed by atoms with Crippen LogP contribution in [0.2, 0.25) is 0 Å². The van der Waals surface area contributed by atoms with E-state index in [0.717, 1.165) is 11.4 Å². The molecule has 1 aromatic carbocycles. The minimum absolute atomic E-state index is 0.177. The topological polar surface area (TPSA) is 47.6 Å². The summed E-state index contributed by atoms with van der Waals surface area (Å²) in [4.78, 5) is 11.8. The zero-order valence-corrected chi connectivity index (χ0v) is 10.7. The van der Waals surface area contributed by atoms with Crippen LogP contribution in [0.15, 0.2) is 24.3 Å². The lowest BCUT2D eigenvalue weighted by Crippen LogP contribution is -2.38. The number of hydrogen-bond acceptors (Lipinski definition) is 3. The summed E-state index contributed by atoms with van der Waals surface area (Å²) < 4.78 is 10.4. The van der Waals surface area contributed by atoms with Crippen LogP contribution in [0.1, 0.15) is 20.8 Å². The largest absolute Gasteiger partial charge is 0.494 e. The van der Waals surface area contributed by atoms with Crippen molar-refractivity contribution in [3.05, 3.63) is 24.3 Å². The summed E-state index contributed by atoms with van der Waals surface area (Å²) in [5, 5.41) is 2.78. The highest BCUT2D eigenvalue weighted by Crippen LogP contribution is 2.17. The zero-order valence-electron chi connectivity index (χ0n) is 10.7. The van der Waals surface area contributed by atoms with Crippen LogP contribution < -0.4 is 10.1 Å². The Kier molecular flexibility index (Phi) is 4.52. The fourth-order valence-electron chi connectivity index (χ4n) is 1.18. The molecule has 4 nitrogen and oxygen atoms in total. The Morgan fingerprint density at radius 2 is 1.88 bits per heavy atom. The second kappa shape index (κ2) is 5.68. The molecular formula is C13H19NO3. The SMILES string of the molecule is CCOc1ccc(NC(=O)C(C)(C)OC)cc1. The molecule has 17 heavy (non-hydrogen) atoms. The number of carbonyl (C=O) groups excluding carboxylic acids is 1. The molecule has 0 aliphatic heterocycles. The van der Waals surface area contributed by atoms with Gasteiger partial charge in [0.1, 0.15) is 11.4 Å². The third-order valence-electron chi connectivity index (χ3n) is 2.48. The summed E-state index contributed by atoms with van der Waals surface area (Å²) in [5.74, 6) is 0.612. The summed E-state index contributed by atoms with van der Waals surface area (Å²) in [7, 11) is 1.51. The molecule has 0 unspecified atom stereocenters. The van der Waals surface area contributed by atoms with Crippen LogP contribution in [-0.4, -0.2) is 25.2 Å². The number of benzene rings is 1. The first-order chi connectivity index (χ1) is 7.99. The Morgan fingerprint density at radius 3 is 2.35 bits per heavy atom. The summed E-state index contributed by atoms with van der Waals surface area (Å²) in [6, 6.07) is 7.24. The fourth-order valence-corrected chi connectivity index (χ4v) is 1.18. The lowest BCUT2D eigenvalue weighted by atomic mass is 10.1. The highest BCUT2D eigenvalue weighted by atomic mass is 16.5. The van der Waals surface area contributed by atoms with Crippen molar-refractivity contribution < 1.29 is 14.3 Å². The van der Waals surface area contributed by atoms with Crippen LogP contribution in [0.25, 0.3) is 0 Å². The van der Waals surface area contributed by atoms with Gasteiger partial charge in [-0.15, -0.1) is 0 Å². The van der Waals surface area contributed by atoms with E-state index in [-0.39, 0.29) is 5.91 Å². The molecule has 1 amide bonds. The molecule has 0 atom stereocenters. The van der Waals surface area contributed by atoms with Gasteiger partial charge < -0.3 is 14.8 Å². The summed E-state index contributed by atoms with van der Waals surface area (Å²) in [6.45, 7) is 5.99. The summed E-state index contributed by atoms with van der Waals surface area (Å²) in [6.07, 6.45) is 0. The van der Waals surface area contributed by atoms with Gasteiger partial charge in [0.15, 0.2) is 0 Å². The van der Waals surface area contributed by atoms with Gasteiger partial charge in [-0.25, -0.2) is 0 Å². The maximum atomic E-state index is 11.8. The maximum Gasteiger partial charge on any atom is 0.256 e. The van der Waals surface area contributed by atoms with Gasteiger partial charge in [-0.3, -0.25) is 4.79 Å². The van der Waals surface area contributed by atoms with Crippen LogP contribution in [0.3, 0.4) is 0 Å². The number of nitrogens with one attached hydrogen (secondary N) is 1. The van der Waals surface area contributed by atoms with Crippen LogP contribution in [0.4, 0.5) is 5.69 Å². The number of anilines is 1. The minimum atomic E-state index is -0.835. The van der Waals surface area contributed by atoms with Crippen molar-refractivity contribution in [2.24, 2.45) is 0 Å². The van der Waals surface area contributed by atoms with Gasteiger partial charge in [0, 0.05) is 12.8 Å². The first-order valence-electron chi connectivity index (χ1n) is 5.59. The molecule has 0 aliphatic rings. The number of hydrogen-bond donors (Lipinski definition) is 1. The fraction of sp³-hybridized carbons (Fsp3) is 0.462. The van der Waals surface area contributed by atoms with Crippen molar-refractivity contribution in [2.45, 2.75) is 26.4 Å². The minimum Gasteiger partial charge on any atom is -0.494 e. The maximum absolute atomic E-state index is 11.8. The normalized spacial score (nSPS) is 11.1. The van der Waals surface area contributed by atoms with Crippen LogP contribution in [-0.2, 0) is 9.53 Å². The standard InChI is InChI=1S/C13H19NO3/c1-5-17-11-8-6-10(7-9-11)14-12(15)13(2,3)16-4/h6-9H,5H2,1-4H3,(H,14,15). The Balaban J connectivity index is 2.66. The van der Waals surface area contributed by atoms with Crippen molar-refractivity contribution in [1.29, 1.82) is 0 Å². The van der Waals surface area contributed by atoms with Gasteiger partial charge >= 0.3 is 0 Å². The van der Waals surface area contributed by atoms with Crippen molar-refractivity contribution >= 4 is 11.6 Å². The van der Waals surface area contributed by atoms with E-state index in [1.807, 2.05) is 19.1 Å². The van der Waals surface area contributed by atoms with E-state index in [4.69, 9.17) is 9.47 Å². The van der Waals surface area contributed by atoms with Crippen LogP contribution >= 0.6 is 0 Å². The molecule has 1 rings (SSSR count). The van der Waals surface area contributed by atoms with E-state index >= 15 is 0 Å². The quantitative estimate of drug-likeness (QED) is 0.855. The Hall–Kier alpha value is -1.55. The molecule has 0 saturated heterocycles. The number of carbonyl (C=O) groups is 1. The van der Waals surface area contributed by atoms with Crippen molar-refractivity contribution in [3.63, 3.8) is 0 Å². The Labute approximate surface area is 102 Å². The smallest absolute Gasteiger partial charge is 0.256 e. The predicted molar refractivity (Wildman–Crippen MR) is 67.3 cm³/mol. The number of ether oxygens (including phenoxy) is 2. The molecule has 94 valence electrons. The molecule has 0 heterocycles. The molecule has 0 spiro atoms. The number of rotatable bonds is 5. The van der Waals surface area contributed by atoms with Gasteiger partial charge in [0.05, 0.1) is 6.61 Å². The van der Waals surface area contributed by atoms with Gasteiger partial charge in [-0.1, -0.05) is 0 Å². The van der Waals surface area contributed by atoms with Crippen molar-refractivity contribution in [2.75, 3.05) is 19.0 Å². The number of amides is 1. The molecule has 1 aromatic rings. The average Bonchev–Trinajstić information content (AvgIpc) is 2.32. The van der Waals surface area contributed by atoms with E-state index in [1.54, 1.807) is 26.0 Å². The second-order valence-corrected chi connectivity index (χ2v) is 4.13. The Morgan fingerprint density at radius 1 is 1.29 bits per heavy atom. The number of methoxy groups -OCH3 is 1. The first-order valence-corrected chi connectivity index (χ1v) is 5.59. The lowest BCUT2D eigenvalue weighted by Gasteiger charge is -2.21. The van der Waals surface area contributed by atoms with E-state index < -0.39 is 5.60 Å². The highest BCUT2D eigenvalue weighted by Gasteiger charge is 2.26. The van der Waals surface area contributed by atoms with E-state index in [1.165, 1.54) is 7.11 Å². The van der Waals surface area contributed by atoms with Crippen molar-refractivity contribution in [1.82, 2.24) is 0 Å². The van der Waals surface area contributed by atoms with Gasteiger partial charge in [-0.05, 0) is 45.0 Å². The van der Waals surface area contributed by atoms with Gasteiger partial charge in [0.25, 0.3) is 5.91 Å². The van der Waals surface area contributed by atoms with Crippen LogP contribution in [0.5, 0.6) is 5.75 Å². The zero-order chi connectivity index (χ0) is 12.9. The molecule has 4 heteroatoms. The third-order valence-corrected chi connectivity index (χ3v) is 2.48. The van der Waals surface area contributed by atoms with Gasteiger partial charge in [-0.2, -0.15) is 0 Å². The molecule has 0 radical (unpaired) electrons. The summed E-state index contributed by atoms with van der Waals surface area (Å²) >= 11 is 0. The molecule has 0 aliphatic carbocycles. The first kappa shape index (κ1) is 13.5. The summed E-state index contributed by atoms with van der Waals surface area (Å²) in [5.41, 5.74) is -0.109. The molecular weight excluding hydrogens is 218 g/mol. The lowest BCUT2D eigenvalue weighted by molar-refractivity contribution is -0.133. The molecule has 0 bridgehead atoms. The van der Waals surface area contributed by atoms with E-state index in [2.05, 4.69) is 5.32 Å². The average molecular weight is 237 g/mol. The molecule has 0 fully saturated rings. The third kappa shape index (κ3) is 3.75. The van der Waals surface area contributed by atoms with Crippen LogP contribution in [0, 0.1) is 0 Å². The van der Waals surface area contributed by atoms with E-state index in [0.29, 0.717) is 6.61 Å².